The SMILES string of the molecule is CCOC(=O)CCN1[C@H]2CC[C@@H]1[C@H](C(=O)OC)[C@@H](c1ccc(Cl)cc1)C2. The second-order valence-corrected chi connectivity index (χ2v) is 7.47. The highest BCUT2D eigenvalue weighted by atomic mass is 35.5. The second-order valence-electron chi connectivity index (χ2n) is 7.03. The number of carbonyl (C=O) groups excluding carboxylic acids is 2. The summed E-state index contributed by atoms with van der Waals surface area (Å²) in [5.74, 6) is -0.448. The third-order valence-electron chi connectivity index (χ3n) is 5.72. The lowest BCUT2D eigenvalue weighted by Gasteiger charge is -2.43. The third-order valence-corrected chi connectivity index (χ3v) is 5.97. The van der Waals surface area contributed by atoms with Crippen molar-refractivity contribution in [1.29, 1.82) is 0 Å². The number of benzene rings is 1. The molecular formula is C20H26ClNO4. The number of halogens is 1. The number of hydrogen-bond acceptors (Lipinski definition) is 5. The molecule has 2 heterocycles. The number of esters is 2. The summed E-state index contributed by atoms with van der Waals surface area (Å²) < 4.78 is 10.2. The van der Waals surface area contributed by atoms with Crippen molar-refractivity contribution in [2.24, 2.45) is 5.92 Å². The van der Waals surface area contributed by atoms with Gasteiger partial charge in [-0.3, -0.25) is 14.5 Å². The molecule has 0 N–H and O–H groups in total. The summed E-state index contributed by atoms with van der Waals surface area (Å²) in [6.45, 7) is 2.84. The molecule has 1 aromatic carbocycles. The lowest BCUT2D eigenvalue weighted by Crippen LogP contribution is -2.51. The van der Waals surface area contributed by atoms with Crippen LogP contribution in [0.4, 0.5) is 0 Å². The van der Waals surface area contributed by atoms with Crippen molar-refractivity contribution in [3.63, 3.8) is 0 Å². The smallest absolute Gasteiger partial charge is 0.310 e. The van der Waals surface area contributed by atoms with Crippen molar-refractivity contribution < 1.29 is 19.1 Å². The lowest BCUT2D eigenvalue weighted by atomic mass is 9.76. The van der Waals surface area contributed by atoms with Gasteiger partial charge in [0.15, 0.2) is 0 Å². The fourth-order valence-electron chi connectivity index (χ4n) is 4.63. The minimum Gasteiger partial charge on any atom is -0.469 e. The Hall–Kier alpha value is -1.59. The van der Waals surface area contributed by atoms with E-state index in [0.717, 1.165) is 24.8 Å². The van der Waals surface area contributed by atoms with Gasteiger partial charge in [0.05, 0.1) is 26.1 Å². The summed E-state index contributed by atoms with van der Waals surface area (Å²) in [5, 5.41) is 0.693. The number of hydrogen-bond donors (Lipinski definition) is 0. The lowest BCUT2D eigenvalue weighted by molar-refractivity contribution is -0.151. The fraction of sp³-hybridized carbons (Fsp3) is 0.600. The highest BCUT2D eigenvalue weighted by Crippen LogP contribution is 2.47. The number of nitrogens with zero attached hydrogens (tertiary/aromatic N) is 1. The monoisotopic (exact) mass is 379 g/mol. The van der Waals surface area contributed by atoms with Crippen molar-refractivity contribution in [1.82, 2.24) is 4.90 Å². The van der Waals surface area contributed by atoms with Gasteiger partial charge in [-0.1, -0.05) is 23.7 Å². The first-order valence-electron chi connectivity index (χ1n) is 9.29. The molecule has 2 bridgehead atoms. The van der Waals surface area contributed by atoms with Crippen LogP contribution in [-0.4, -0.2) is 49.2 Å². The van der Waals surface area contributed by atoms with Crippen LogP contribution in [0.5, 0.6) is 0 Å². The molecule has 0 aromatic heterocycles. The predicted molar refractivity (Wildman–Crippen MR) is 99.1 cm³/mol. The Bertz CT molecular complexity index is 648. The van der Waals surface area contributed by atoms with Crippen molar-refractivity contribution >= 4 is 23.5 Å². The van der Waals surface area contributed by atoms with Gasteiger partial charge in [-0.05, 0) is 43.9 Å². The van der Waals surface area contributed by atoms with E-state index >= 15 is 0 Å². The van der Waals surface area contributed by atoms with Crippen molar-refractivity contribution in [3.8, 4) is 0 Å². The van der Waals surface area contributed by atoms with Crippen LogP contribution in [0.3, 0.4) is 0 Å². The van der Waals surface area contributed by atoms with Crippen LogP contribution in [0.15, 0.2) is 24.3 Å². The van der Waals surface area contributed by atoms with E-state index in [9.17, 15) is 9.59 Å². The summed E-state index contributed by atoms with van der Waals surface area (Å²) in [6.07, 6.45) is 3.25. The molecule has 4 atom stereocenters. The van der Waals surface area contributed by atoms with Gasteiger partial charge in [-0.15, -0.1) is 0 Å². The van der Waals surface area contributed by atoms with Crippen molar-refractivity contribution in [2.45, 2.75) is 50.6 Å². The van der Waals surface area contributed by atoms with Crippen molar-refractivity contribution in [3.05, 3.63) is 34.9 Å². The van der Waals surface area contributed by atoms with Gasteiger partial charge in [0.2, 0.25) is 0 Å². The van der Waals surface area contributed by atoms with Crippen LogP contribution in [0.2, 0.25) is 5.02 Å². The number of rotatable bonds is 6. The fourth-order valence-corrected chi connectivity index (χ4v) is 4.75. The summed E-state index contributed by atoms with van der Waals surface area (Å²) in [5.41, 5.74) is 1.13. The Labute approximate surface area is 159 Å². The Balaban J connectivity index is 1.80. The van der Waals surface area contributed by atoms with Gasteiger partial charge >= 0.3 is 11.9 Å². The van der Waals surface area contributed by atoms with E-state index in [1.807, 2.05) is 31.2 Å². The van der Waals surface area contributed by atoms with E-state index in [1.165, 1.54) is 7.11 Å². The number of carbonyl (C=O) groups is 2. The summed E-state index contributed by atoms with van der Waals surface area (Å²) in [7, 11) is 1.45. The van der Waals surface area contributed by atoms with Crippen molar-refractivity contribution in [2.75, 3.05) is 20.3 Å². The third kappa shape index (κ3) is 3.89. The van der Waals surface area contributed by atoms with Crippen LogP contribution in [0.1, 0.15) is 44.1 Å². The van der Waals surface area contributed by atoms with E-state index in [-0.39, 0.29) is 29.8 Å². The van der Waals surface area contributed by atoms with Crippen LogP contribution in [-0.2, 0) is 19.1 Å². The number of ether oxygens (including phenoxy) is 2. The highest BCUT2D eigenvalue weighted by Gasteiger charge is 2.50. The number of fused-ring (bicyclic) bond motifs is 2. The first kappa shape index (κ1) is 19.2. The first-order valence-corrected chi connectivity index (χ1v) is 9.67. The molecule has 0 radical (unpaired) electrons. The molecule has 0 spiro atoms. The van der Waals surface area contributed by atoms with E-state index < -0.39 is 0 Å². The molecule has 0 saturated carbocycles. The van der Waals surface area contributed by atoms with Gasteiger partial charge in [0, 0.05) is 29.6 Å². The minimum atomic E-state index is -0.220. The van der Waals surface area contributed by atoms with Crippen LogP contribution < -0.4 is 0 Å². The normalized spacial score (nSPS) is 28.0. The predicted octanol–water partition coefficient (Wildman–Crippen LogP) is 3.40. The van der Waals surface area contributed by atoms with Gasteiger partial charge < -0.3 is 9.47 Å². The van der Waals surface area contributed by atoms with E-state index in [1.54, 1.807) is 0 Å². The maximum atomic E-state index is 12.6. The Morgan fingerprint density at radius 2 is 1.96 bits per heavy atom. The van der Waals surface area contributed by atoms with E-state index in [0.29, 0.717) is 30.6 Å². The van der Waals surface area contributed by atoms with Gasteiger partial charge in [0.1, 0.15) is 0 Å². The molecule has 0 amide bonds. The maximum Gasteiger partial charge on any atom is 0.310 e. The molecule has 26 heavy (non-hydrogen) atoms. The van der Waals surface area contributed by atoms with Gasteiger partial charge in [-0.25, -0.2) is 0 Å². The molecule has 2 fully saturated rings. The zero-order valence-corrected chi connectivity index (χ0v) is 16.1. The number of piperidine rings is 1. The zero-order chi connectivity index (χ0) is 18.7. The Morgan fingerprint density at radius 3 is 2.62 bits per heavy atom. The summed E-state index contributed by atoms with van der Waals surface area (Å²) in [4.78, 5) is 26.7. The number of methoxy groups -OCH3 is 1. The zero-order valence-electron chi connectivity index (χ0n) is 15.3. The van der Waals surface area contributed by atoms with Crippen LogP contribution >= 0.6 is 11.6 Å². The molecule has 0 unspecified atom stereocenters. The van der Waals surface area contributed by atoms with E-state index in [4.69, 9.17) is 21.1 Å². The van der Waals surface area contributed by atoms with Gasteiger partial charge in [-0.2, -0.15) is 0 Å². The largest absolute Gasteiger partial charge is 0.469 e. The standard InChI is InChI=1S/C20H26ClNO4/c1-3-26-18(23)10-11-22-15-8-9-17(22)19(20(24)25-2)16(12-15)13-4-6-14(21)7-5-13/h4-7,15-17,19H,3,8-12H2,1-2H3/t15-,16+,17+,19+/m0/s1. The first-order chi connectivity index (χ1) is 12.5. The molecular weight excluding hydrogens is 354 g/mol. The second kappa shape index (κ2) is 8.40. The average Bonchev–Trinajstić information content (AvgIpc) is 2.91. The average molecular weight is 380 g/mol. The van der Waals surface area contributed by atoms with Crippen LogP contribution in [0.25, 0.3) is 0 Å². The van der Waals surface area contributed by atoms with Gasteiger partial charge in [0.25, 0.3) is 0 Å². The molecule has 3 rings (SSSR count). The topological polar surface area (TPSA) is 55.8 Å². The minimum absolute atomic E-state index is 0.108. The molecule has 2 aliphatic rings. The quantitative estimate of drug-likeness (QED) is 0.709. The Kier molecular flexibility index (Phi) is 6.20. The molecule has 2 saturated heterocycles. The van der Waals surface area contributed by atoms with E-state index in [2.05, 4.69) is 4.90 Å². The van der Waals surface area contributed by atoms with Crippen LogP contribution in [0, 0.1) is 5.92 Å². The molecule has 142 valence electrons. The molecule has 1 aromatic rings. The molecule has 0 aliphatic carbocycles. The Morgan fingerprint density at radius 1 is 1.23 bits per heavy atom. The summed E-state index contributed by atoms with van der Waals surface area (Å²) >= 11 is 6.02. The summed E-state index contributed by atoms with van der Waals surface area (Å²) in [6, 6.07) is 8.26. The molecule has 5 nitrogen and oxygen atoms in total. The maximum absolute atomic E-state index is 12.6. The highest BCUT2D eigenvalue weighted by molar-refractivity contribution is 6.30. The molecule has 6 heteroatoms. The molecule has 2 aliphatic heterocycles.